The van der Waals surface area contributed by atoms with Gasteiger partial charge in [0.1, 0.15) is 11.5 Å². The molecule has 0 saturated carbocycles. The Kier molecular flexibility index (Phi) is 4.66. The van der Waals surface area contributed by atoms with E-state index in [1.165, 1.54) is 65.7 Å². The molecule has 7 aromatic carbocycles. The lowest BCUT2D eigenvalue weighted by Crippen LogP contribution is -2.58. The van der Waals surface area contributed by atoms with Crippen LogP contribution in [0.25, 0.3) is 66.1 Å². The maximum atomic E-state index is 7.07. The number of fused-ring (bicyclic) bond motifs is 11. The molecule has 212 valence electrons. The van der Waals surface area contributed by atoms with Gasteiger partial charge in [0.05, 0.1) is 22.1 Å². The van der Waals surface area contributed by atoms with E-state index in [1.807, 2.05) is 0 Å². The molecule has 2 aromatic heterocycles. The van der Waals surface area contributed by atoms with Crippen LogP contribution in [0.1, 0.15) is 0 Å². The van der Waals surface area contributed by atoms with Crippen molar-refractivity contribution < 1.29 is 4.74 Å². The van der Waals surface area contributed by atoms with E-state index in [0.717, 1.165) is 28.3 Å². The SMILES string of the molecule is c1ccc(-c2cc3c4ccccc4n4c3c3c2Oc2ccc(-n5c6ccccc6c6ccccc65)cc2B3c2ccccc2-4)cc1. The highest BCUT2D eigenvalue weighted by Crippen LogP contribution is 2.44. The highest BCUT2D eigenvalue weighted by molar-refractivity contribution is 6.99. The molecule has 46 heavy (non-hydrogen) atoms. The van der Waals surface area contributed by atoms with Crippen LogP contribution < -0.4 is 21.1 Å². The molecular formula is C42H25BN2O. The molecule has 0 radical (unpaired) electrons. The van der Waals surface area contributed by atoms with Crippen molar-refractivity contribution in [1.29, 1.82) is 0 Å². The van der Waals surface area contributed by atoms with Gasteiger partial charge in [0, 0.05) is 38.5 Å². The first-order valence-corrected chi connectivity index (χ1v) is 15.9. The van der Waals surface area contributed by atoms with Crippen molar-refractivity contribution in [1.82, 2.24) is 9.13 Å². The zero-order chi connectivity index (χ0) is 29.9. The van der Waals surface area contributed by atoms with Gasteiger partial charge in [-0.15, -0.1) is 0 Å². The van der Waals surface area contributed by atoms with Gasteiger partial charge in [-0.25, -0.2) is 0 Å². The van der Waals surface area contributed by atoms with E-state index < -0.39 is 0 Å². The molecule has 0 atom stereocenters. The van der Waals surface area contributed by atoms with Crippen LogP contribution >= 0.6 is 0 Å². The first-order chi connectivity index (χ1) is 22.8. The Morgan fingerprint density at radius 3 is 1.83 bits per heavy atom. The monoisotopic (exact) mass is 584 g/mol. The van der Waals surface area contributed by atoms with Crippen LogP contribution in [0, 0.1) is 0 Å². The Balaban J connectivity index is 1.27. The molecule has 3 nitrogen and oxygen atoms in total. The molecule has 11 rings (SSSR count). The maximum absolute atomic E-state index is 7.07. The summed E-state index contributed by atoms with van der Waals surface area (Å²) in [6, 6.07) is 55.0. The van der Waals surface area contributed by atoms with Crippen LogP contribution in [0.5, 0.6) is 11.5 Å². The fourth-order valence-electron chi connectivity index (χ4n) is 8.32. The lowest BCUT2D eigenvalue weighted by molar-refractivity contribution is 0.489. The summed E-state index contributed by atoms with van der Waals surface area (Å²) in [6.07, 6.45) is 0. The number of benzene rings is 7. The number of rotatable bonds is 2. The van der Waals surface area contributed by atoms with Crippen LogP contribution in [0.15, 0.2) is 152 Å². The van der Waals surface area contributed by atoms with Crippen molar-refractivity contribution in [3.05, 3.63) is 152 Å². The molecule has 9 aromatic rings. The quantitative estimate of drug-likeness (QED) is 0.187. The van der Waals surface area contributed by atoms with Gasteiger partial charge in [0.25, 0.3) is 6.71 Å². The van der Waals surface area contributed by atoms with Gasteiger partial charge in [0.15, 0.2) is 0 Å². The van der Waals surface area contributed by atoms with Crippen molar-refractivity contribution in [3.8, 4) is 34.0 Å². The Morgan fingerprint density at radius 1 is 0.478 bits per heavy atom. The number of para-hydroxylation sites is 4. The first-order valence-electron chi connectivity index (χ1n) is 15.9. The molecule has 0 bridgehead atoms. The molecule has 0 amide bonds. The lowest BCUT2D eigenvalue weighted by Gasteiger charge is -2.34. The predicted octanol–water partition coefficient (Wildman–Crippen LogP) is 8.48. The van der Waals surface area contributed by atoms with Crippen LogP contribution in [0.3, 0.4) is 0 Å². The average Bonchev–Trinajstić information content (AvgIpc) is 3.64. The van der Waals surface area contributed by atoms with Crippen LogP contribution in [0.4, 0.5) is 0 Å². The molecule has 0 fully saturated rings. The zero-order valence-corrected chi connectivity index (χ0v) is 24.8. The summed E-state index contributed by atoms with van der Waals surface area (Å²) in [4.78, 5) is 0. The summed E-state index contributed by atoms with van der Waals surface area (Å²) in [5, 5.41) is 5.05. The molecule has 0 spiro atoms. The second-order valence-electron chi connectivity index (χ2n) is 12.5. The molecular weight excluding hydrogens is 559 g/mol. The molecule has 0 N–H and O–H groups in total. The van der Waals surface area contributed by atoms with Crippen molar-refractivity contribution in [2.75, 3.05) is 0 Å². The predicted molar refractivity (Wildman–Crippen MR) is 192 cm³/mol. The van der Waals surface area contributed by atoms with Gasteiger partial charge >= 0.3 is 0 Å². The van der Waals surface area contributed by atoms with Gasteiger partial charge < -0.3 is 13.9 Å². The topological polar surface area (TPSA) is 19.1 Å². The Labute approximate surface area is 265 Å². The number of ether oxygens (including phenoxy) is 1. The molecule has 0 aliphatic carbocycles. The molecule has 2 aliphatic rings. The standard InChI is InChI=1S/C42H25BN2O/c1-2-12-26(13-3-1)31-25-32-30-16-6-10-20-37(30)45-38-21-11-7-17-33(38)43-34-24-27(22-23-39(34)46-42(31)40(43)41(32)45)44-35-18-8-4-14-28(35)29-15-5-9-19-36(29)44/h1-25H. The van der Waals surface area contributed by atoms with Gasteiger partial charge in [-0.2, -0.15) is 0 Å². The van der Waals surface area contributed by atoms with E-state index in [4.69, 9.17) is 4.74 Å². The van der Waals surface area contributed by atoms with Crippen LogP contribution in [-0.2, 0) is 0 Å². The second kappa shape index (κ2) is 8.80. The van der Waals surface area contributed by atoms with E-state index in [-0.39, 0.29) is 6.71 Å². The van der Waals surface area contributed by atoms with E-state index >= 15 is 0 Å². The number of hydrogen-bond donors (Lipinski definition) is 0. The third-order valence-electron chi connectivity index (χ3n) is 10.2. The summed E-state index contributed by atoms with van der Waals surface area (Å²) in [6.45, 7) is 0.0194. The van der Waals surface area contributed by atoms with Crippen molar-refractivity contribution in [3.63, 3.8) is 0 Å². The summed E-state index contributed by atoms with van der Waals surface area (Å²) in [7, 11) is 0. The number of hydrogen-bond acceptors (Lipinski definition) is 1. The van der Waals surface area contributed by atoms with Gasteiger partial charge in [-0.3, -0.25) is 0 Å². The highest BCUT2D eigenvalue weighted by atomic mass is 16.5. The fourth-order valence-corrected chi connectivity index (χ4v) is 8.32. The molecule has 4 heteroatoms. The summed E-state index contributed by atoms with van der Waals surface area (Å²) in [5.74, 6) is 1.87. The minimum absolute atomic E-state index is 0.0194. The van der Waals surface area contributed by atoms with Gasteiger partial charge in [-0.1, -0.05) is 103 Å². The number of nitrogens with zero attached hydrogens (tertiary/aromatic N) is 2. The van der Waals surface area contributed by atoms with Crippen molar-refractivity contribution in [2.45, 2.75) is 0 Å². The zero-order valence-electron chi connectivity index (χ0n) is 24.8. The normalized spacial score (nSPS) is 12.9. The lowest BCUT2D eigenvalue weighted by atomic mass is 9.34. The summed E-state index contributed by atoms with van der Waals surface area (Å²) < 4.78 is 11.9. The van der Waals surface area contributed by atoms with Crippen LogP contribution in [-0.4, -0.2) is 15.8 Å². The first kappa shape index (κ1) is 24.3. The molecule has 4 heterocycles. The minimum Gasteiger partial charge on any atom is -0.458 e. The second-order valence-corrected chi connectivity index (χ2v) is 12.5. The van der Waals surface area contributed by atoms with Gasteiger partial charge in [-0.05, 0) is 70.5 Å². The minimum atomic E-state index is 0.0194. The van der Waals surface area contributed by atoms with Gasteiger partial charge in [0.2, 0.25) is 0 Å². The summed E-state index contributed by atoms with van der Waals surface area (Å²) >= 11 is 0. The van der Waals surface area contributed by atoms with E-state index in [2.05, 4.69) is 161 Å². The highest BCUT2D eigenvalue weighted by Gasteiger charge is 2.42. The Morgan fingerprint density at radius 2 is 1.09 bits per heavy atom. The van der Waals surface area contributed by atoms with E-state index in [1.54, 1.807) is 0 Å². The smallest absolute Gasteiger partial charge is 0.256 e. The largest absolute Gasteiger partial charge is 0.458 e. The third-order valence-corrected chi connectivity index (χ3v) is 10.2. The van der Waals surface area contributed by atoms with Crippen LogP contribution in [0.2, 0.25) is 0 Å². The average molecular weight is 584 g/mol. The van der Waals surface area contributed by atoms with Crippen molar-refractivity contribution in [2.24, 2.45) is 0 Å². The number of aromatic nitrogens is 2. The summed E-state index contributed by atoms with van der Waals surface area (Å²) in [5.41, 5.74) is 13.3. The Bertz CT molecular complexity index is 2680. The molecule has 0 saturated heterocycles. The maximum Gasteiger partial charge on any atom is 0.256 e. The van der Waals surface area contributed by atoms with E-state index in [9.17, 15) is 0 Å². The molecule has 2 aliphatic heterocycles. The molecule has 0 unspecified atom stereocenters. The fraction of sp³-hybridized carbons (Fsp3) is 0. The van der Waals surface area contributed by atoms with Crippen molar-refractivity contribution >= 4 is 66.7 Å². The Hall–Kier alpha value is -6.00. The van der Waals surface area contributed by atoms with E-state index in [0.29, 0.717) is 0 Å². The third kappa shape index (κ3) is 3.03.